The quantitative estimate of drug-likeness (QED) is 0.192. The number of hydrogen-bond acceptors (Lipinski definition) is 5. The largest absolute Gasteiger partial charge is 0.497 e. The minimum absolute atomic E-state index is 0.0267. The van der Waals surface area contributed by atoms with Gasteiger partial charge in [0.1, 0.15) is 18.3 Å². The number of anilines is 1. The van der Waals surface area contributed by atoms with Crippen molar-refractivity contribution in [3.8, 4) is 5.75 Å². The summed E-state index contributed by atoms with van der Waals surface area (Å²) in [7, 11) is -2.74. The van der Waals surface area contributed by atoms with Crippen LogP contribution in [0.4, 0.5) is 5.69 Å². The first-order valence-corrected chi connectivity index (χ1v) is 16.4. The fraction of sp³-hybridized carbons (Fsp3) is 0.257. The number of rotatable bonds is 13. The van der Waals surface area contributed by atoms with E-state index in [1.165, 1.54) is 24.1 Å². The molecule has 8 nitrogen and oxygen atoms in total. The first-order chi connectivity index (χ1) is 21.5. The average molecular weight is 648 g/mol. The normalized spacial score (nSPS) is 12.0. The molecule has 0 heterocycles. The third-order valence-electron chi connectivity index (χ3n) is 7.17. The number of nitrogens with one attached hydrogen (secondary N) is 1. The summed E-state index contributed by atoms with van der Waals surface area (Å²) in [6.07, 6.45) is 0.218. The van der Waals surface area contributed by atoms with Crippen LogP contribution in [0.25, 0.3) is 0 Å². The number of benzene rings is 4. The van der Waals surface area contributed by atoms with Crippen LogP contribution in [0, 0.1) is 6.92 Å². The minimum Gasteiger partial charge on any atom is -0.497 e. The van der Waals surface area contributed by atoms with Crippen LogP contribution in [0.1, 0.15) is 30.5 Å². The summed E-state index contributed by atoms with van der Waals surface area (Å²) in [5.74, 6) is -0.482. The molecule has 0 spiro atoms. The summed E-state index contributed by atoms with van der Waals surface area (Å²) in [5.41, 5.74) is 2.69. The molecule has 4 aromatic carbocycles. The Morgan fingerprint density at radius 2 is 1.53 bits per heavy atom. The van der Waals surface area contributed by atoms with Crippen molar-refractivity contribution >= 4 is 39.1 Å². The van der Waals surface area contributed by atoms with Crippen molar-refractivity contribution in [1.29, 1.82) is 0 Å². The van der Waals surface area contributed by atoms with Gasteiger partial charge in [0.2, 0.25) is 11.8 Å². The molecule has 0 aliphatic carbocycles. The Balaban J connectivity index is 1.82. The predicted octanol–water partition coefficient (Wildman–Crippen LogP) is 6.02. The van der Waals surface area contributed by atoms with Crippen molar-refractivity contribution in [3.63, 3.8) is 0 Å². The summed E-state index contributed by atoms with van der Waals surface area (Å²) in [6, 6.07) is 28.3. The summed E-state index contributed by atoms with van der Waals surface area (Å²) in [5, 5.41) is 3.43. The topological polar surface area (TPSA) is 96.0 Å². The smallest absolute Gasteiger partial charge is 0.264 e. The third-order valence-corrected chi connectivity index (χ3v) is 9.20. The third kappa shape index (κ3) is 8.86. The van der Waals surface area contributed by atoms with E-state index < -0.39 is 28.5 Å². The first-order valence-electron chi connectivity index (χ1n) is 14.6. The van der Waals surface area contributed by atoms with Crippen LogP contribution in [-0.2, 0) is 32.6 Å². The second kappa shape index (κ2) is 15.1. The predicted molar refractivity (Wildman–Crippen MR) is 178 cm³/mol. The molecule has 10 heteroatoms. The summed E-state index contributed by atoms with van der Waals surface area (Å²) in [6.45, 7) is 5.02. The monoisotopic (exact) mass is 647 g/mol. The van der Waals surface area contributed by atoms with Crippen molar-refractivity contribution in [2.45, 2.75) is 50.7 Å². The van der Waals surface area contributed by atoms with Crippen LogP contribution in [0.2, 0.25) is 5.02 Å². The van der Waals surface area contributed by atoms with Crippen molar-refractivity contribution in [3.05, 3.63) is 125 Å². The zero-order valence-corrected chi connectivity index (χ0v) is 27.4. The maximum Gasteiger partial charge on any atom is 0.264 e. The summed E-state index contributed by atoms with van der Waals surface area (Å²) in [4.78, 5) is 29.7. The first kappa shape index (κ1) is 33.6. The molecule has 0 radical (unpaired) electrons. The number of sulfonamides is 1. The van der Waals surface area contributed by atoms with E-state index in [0.29, 0.717) is 16.3 Å². The lowest BCUT2D eigenvalue weighted by Crippen LogP contribution is -2.54. The van der Waals surface area contributed by atoms with E-state index in [0.717, 1.165) is 15.4 Å². The Morgan fingerprint density at radius 3 is 2.18 bits per heavy atom. The van der Waals surface area contributed by atoms with Crippen LogP contribution in [-0.4, -0.2) is 50.9 Å². The number of methoxy groups -OCH3 is 1. The minimum atomic E-state index is -4.22. The standard InChI is InChI=1S/C35H38ClN3O5S/c1-25(2)37-35(41)33(21-27-10-6-5-7-11-27)38(23-28-12-8-13-29(36)20-28)34(40)24-39(30-14-9-15-31(22-30)44-4)45(42,43)32-18-16-26(3)17-19-32/h5-20,22,25,33H,21,23-24H2,1-4H3,(H,37,41). The summed E-state index contributed by atoms with van der Waals surface area (Å²) < 4.78 is 34.8. The lowest BCUT2D eigenvalue weighted by atomic mass is 10.0. The summed E-state index contributed by atoms with van der Waals surface area (Å²) >= 11 is 6.30. The molecule has 0 saturated carbocycles. The second-order valence-corrected chi connectivity index (χ2v) is 13.3. The van der Waals surface area contributed by atoms with Crippen LogP contribution >= 0.6 is 11.6 Å². The number of aryl methyl sites for hydroxylation is 1. The van der Waals surface area contributed by atoms with E-state index >= 15 is 0 Å². The molecule has 0 aliphatic heterocycles. The van der Waals surface area contributed by atoms with Crippen LogP contribution in [0.15, 0.2) is 108 Å². The van der Waals surface area contributed by atoms with Gasteiger partial charge >= 0.3 is 0 Å². The SMILES string of the molecule is COc1cccc(N(CC(=O)N(Cc2cccc(Cl)c2)C(Cc2ccccc2)C(=O)NC(C)C)S(=O)(=O)c2ccc(C)cc2)c1. The fourth-order valence-electron chi connectivity index (χ4n) is 4.90. The number of hydrogen-bond donors (Lipinski definition) is 1. The van der Waals surface area contributed by atoms with E-state index in [9.17, 15) is 18.0 Å². The van der Waals surface area contributed by atoms with Gasteiger partial charge in [-0.2, -0.15) is 0 Å². The molecular formula is C35H38ClN3O5S. The van der Waals surface area contributed by atoms with Crippen LogP contribution in [0.3, 0.4) is 0 Å². The van der Waals surface area contributed by atoms with E-state index in [2.05, 4.69) is 5.32 Å². The van der Waals surface area contributed by atoms with Gasteiger partial charge in [0.15, 0.2) is 0 Å². The molecule has 45 heavy (non-hydrogen) atoms. The van der Waals surface area contributed by atoms with Gasteiger partial charge in [-0.15, -0.1) is 0 Å². The molecule has 1 atom stereocenters. The number of amides is 2. The van der Waals surface area contributed by atoms with Crippen molar-refractivity contribution in [2.24, 2.45) is 0 Å². The number of carbonyl (C=O) groups excluding carboxylic acids is 2. The molecule has 4 rings (SSSR count). The van der Waals surface area contributed by atoms with E-state index in [-0.39, 0.29) is 35.5 Å². The average Bonchev–Trinajstić information content (AvgIpc) is 3.01. The van der Waals surface area contributed by atoms with Crippen LogP contribution in [0.5, 0.6) is 5.75 Å². The molecule has 0 bridgehead atoms. The highest BCUT2D eigenvalue weighted by Crippen LogP contribution is 2.28. The molecule has 1 unspecified atom stereocenters. The Bertz CT molecular complexity index is 1710. The van der Waals surface area contributed by atoms with Crippen molar-refractivity contribution in [2.75, 3.05) is 18.0 Å². The Morgan fingerprint density at radius 1 is 0.867 bits per heavy atom. The van der Waals surface area contributed by atoms with Gasteiger partial charge in [-0.3, -0.25) is 13.9 Å². The molecule has 4 aromatic rings. The maximum absolute atomic E-state index is 14.5. The Labute approximate surface area is 270 Å². The number of nitrogens with zero attached hydrogens (tertiary/aromatic N) is 2. The van der Waals surface area contributed by atoms with Gasteiger partial charge in [0.05, 0.1) is 17.7 Å². The number of halogens is 1. The maximum atomic E-state index is 14.5. The molecule has 236 valence electrons. The van der Waals surface area contributed by atoms with Crippen LogP contribution < -0.4 is 14.4 Å². The zero-order valence-electron chi connectivity index (χ0n) is 25.8. The van der Waals surface area contributed by atoms with E-state index in [4.69, 9.17) is 16.3 Å². The Kier molecular flexibility index (Phi) is 11.3. The number of ether oxygens (including phenoxy) is 1. The molecule has 2 amide bonds. The highest BCUT2D eigenvalue weighted by molar-refractivity contribution is 7.92. The van der Waals surface area contributed by atoms with Gasteiger partial charge in [0, 0.05) is 30.1 Å². The van der Waals surface area contributed by atoms with Crippen molar-refractivity contribution in [1.82, 2.24) is 10.2 Å². The van der Waals surface area contributed by atoms with Gasteiger partial charge in [-0.05, 0) is 68.3 Å². The molecule has 0 saturated heterocycles. The van der Waals surface area contributed by atoms with Gasteiger partial charge in [-0.1, -0.05) is 77.8 Å². The lowest BCUT2D eigenvalue weighted by molar-refractivity contribution is -0.140. The molecule has 1 N–H and O–H groups in total. The van der Waals surface area contributed by atoms with Gasteiger partial charge < -0.3 is 15.0 Å². The van der Waals surface area contributed by atoms with Gasteiger partial charge in [-0.25, -0.2) is 8.42 Å². The molecule has 0 fully saturated rings. The van der Waals surface area contributed by atoms with Crippen molar-refractivity contribution < 1.29 is 22.7 Å². The van der Waals surface area contributed by atoms with E-state index in [1.54, 1.807) is 54.6 Å². The highest BCUT2D eigenvalue weighted by Gasteiger charge is 2.35. The number of carbonyl (C=O) groups is 2. The lowest BCUT2D eigenvalue weighted by Gasteiger charge is -2.34. The zero-order chi connectivity index (χ0) is 32.6. The Hall–Kier alpha value is -4.34. The fourth-order valence-corrected chi connectivity index (χ4v) is 6.52. The molecule has 0 aliphatic rings. The highest BCUT2D eigenvalue weighted by atomic mass is 35.5. The second-order valence-electron chi connectivity index (χ2n) is 11.0. The molecular weight excluding hydrogens is 610 g/mol. The van der Waals surface area contributed by atoms with E-state index in [1.807, 2.05) is 57.2 Å². The van der Waals surface area contributed by atoms with Gasteiger partial charge in [0.25, 0.3) is 10.0 Å². The molecule has 0 aromatic heterocycles.